The summed E-state index contributed by atoms with van der Waals surface area (Å²) in [4.78, 5) is 23.1. The monoisotopic (exact) mass is 548 g/mol. The Balaban J connectivity index is 1.41. The van der Waals surface area contributed by atoms with Gasteiger partial charge in [0.15, 0.2) is 24.0 Å². The average molecular weight is 550 g/mol. The molecular formula is C21H15BrClFN6O4. The maximum absolute atomic E-state index is 14.0. The predicted molar refractivity (Wildman–Crippen MR) is 124 cm³/mol. The van der Waals surface area contributed by atoms with E-state index in [0.717, 1.165) is 0 Å². The number of carbonyl (C=O) groups excluding carboxylic acids is 1. The number of halogens is 3. The lowest BCUT2D eigenvalue weighted by Crippen LogP contribution is -2.15. The lowest BCUT2D eigenvalue weighted by molar-refractivity contribution is -0.386. The van der Waals surface area contributed by atoms with E-state index < -0.39 is 16.6 Å². The molecule has 0 radical (unpaired) electrons. The number of nitrogens with zero attached hydrogens (tertiary/aromatic N) is 5. The maximum Gasteiger partial charge on any atom is 0.311 e. The Labute approximate surface area is 205 Å². The highest BCUT2D eigenvalue weighted by Gasteiger charge is 2.17. The second kappa shape index (κ2) is 10.0. The highest BCUT2D eigenvalue weighted by molar-refractivity contribution is 9.10. The van der Waals surface area contributed by atoms with E-state index in [2.05, 4.69) is 31.4 Å². The average Bonchev–Trinajstić information content (AvgIpc) is 3.42. The molecule has 174 valence electrons. The summed E-state index contributed by atoms with van der Waals surface area (Å²) in [5.74, 6) is -0.709. The minimum Gasteiger partial charge on any atom is -0.464 e. The molecule has 0 bridgehead atoms. The SMILES string of the molecule is O=C(Nc1nn(Cc2c(F)cccc2Cl)cc1Br)c1ccn(COc2ccccc2[N+](=O)[O-])n1. The van der Waals surface area contributed by atoms with Crippen LogP contribution in [0.4, 0.5) is 15.9 Å². The van der Waals surface area contributed by atoms with Crippen LogP contribution in [0.15, 0.2) is 65.4 Å². The standard InChI is InChI=1S/C21H15BrClFN6O4/c22-14-11-29(10-13-15(23)4-3-5-16(13)24)27-20(14)25-21(31)17-8-9-28(26-17)12-34-19-7-2-1-6-18(19)30(32)33/h1-9,11H,10,12H2,(H,25,27,31). The zero-order valence-corrected chi connectivity index (χ0v) is 19.5. The molecule has 13 heteroatoms. The Hall–Kier alpha value is -3.77. The van der Waals surface area contributed by atoms with Crippen molar-refractivity contribution in [2.45, 2.75) is 13.3 Å². The molecule has 2 aromatic heterocycles. The molecule has 2 heterocycles. The van der Waals surface area contributed by atoms with Crippen LogP contribution in [-0.4, -0.2) is 30.4 Å². The van der Waals surface area contributed by atoms with Crippen LogP contribution in [0.5, 0.6) is 5.75 Å². The van der Waals surface area contributed by atoms with Crippen LogP contribution in [0, 0.1) is 15.9 Å². The summed E-state index contributed by atoms with van der Waals surface area (Å²) in [5.41, 5.74) is 0.170. The topological polar surface area (TPSA) is 117 Å². The van der Waals surface area contributed by atoms with Crippen LogP contribution in [0.3, 0.4) is 0 Å². The van der Waals surface area contributed by atoms with Crippen molar-refractivity contribution in [3.05, 3.63) is 97.6 Å². The minimum absolute atomic E-state index is 0.0670. The van der Waals surface area contributed by atoms with E-state index >= 15 is 0 Å². The smallest absolute Gasteiger partial charge is 0.311 e. The van der Waals surface area contributed by atoms with Crippen molar-refractivity contribution in [3.8, 4) is 5.75 Å². The molecule has 0 aliphatic carbocycles. The van der Waals surface area contributed by atoms with Gasteiger partial charge in [-0.1, -0.05) is 29.8 Å². The zero-order chi connectivity index (χ0) is 24.2. The normalized spacial score (nSPS) is 10.8. The molecule has 4 aromatic rings. The number of aromatic nitrogens is 4. The van der Waals surface area contributed by atoms with Gasteiger partial charge in [0.05, 0.1) is 15.9 Å². The highest BCUT2D eigenvalue weighted by Crippen LogP contribution is 2.26. The summed E-state index contributed by atoms with van der Waals surface area (Å²) in [6.07, 6.45) is 3.08. The zero-order valence-electron chi connectivity index (χ0n) is 17.2. The number of ether oxygens (including phenoxy) is 1. The fraction of sp³-hybridized carbons (Fsp3) is 0.0952. The number of carbonyl (C=O) groups is 1. The number of nitro benzene ring substituents is 1. The molecule has 1 amide bonds. The van der Waals surface area contributed by atoms with E-state index in [1.54, 1.807) is 18.3 Å². The van der Waals surface area contributed by atoms with E-state index in [0.29, 0.717) is 4.47 Å². The number of hydrogen-bond acceptors (Lipinski definition) is 6. The van der Waals surface area contributed by atoms with Crippen LogP contribution >= 0.6 is 27.5 Å². The molecule has 0 fully saturated rings. The molecule has 2 aromatic carbocycles. The van der Waals surface area contributed by atoms with E-state index in [1.807, 2.05) is 0 Å². The molecule has 0 unspecified atom stereocenters. The molecule has 0 aliphatic rings. The third kappa shape index (κ3) is 5.24. The van der Waals surface area contributed by atoms with Crippen LogP contribution in [0.1, 0.15) is 16.1 Å². The van der Waals surface area contributed by atoms with Crippen molar-refractivity contribution in [2.24, 2.45) is 0 Å². The lowest BCUT2D eigenvalue weighted by atomic mass is 10.2. The van der Waals surface area contributed by atoms with E-state index in [4.69, 9.17) is 16.3 Å². The summed E-state index contributed by atoms with van der Waals surface area (Å²) in [6, 6.07) is 11.8. The lowest BCUT2D eigenvalue weighted by Gasteiger charge is -2.06. The number of anilines is 1. The third-order valence-electron chi connectivity index (χ3n) is 4.62. The number of nitrogens with one attached hydrogen (secondary N) is 1. The second-order valence-electron chi connectivity index (χ2n) is 6.92. The number of amides is 1. The molecule has 0 atom stereocenters. The second-order valence-corrected chi connectivity index (χ2v) is 8.18. The van der Waals surface area contributed by atoms with Crippen molar-refractivity contribution >= 4 is 44.9 Å². The van der Waals surface area contributed by atoms with Crippen molar-refractivity contribution < 1.29 is 18.8 Å². The van der Waals surface area contributed by atoms with E-state index in [-0.39, 0.29) is 46.8 Å². The minimum atomic E-state index is -0.547. The van der Waals surface area contributed by atoms with Gasteiger partial charge >= 0.3 is 5.69 Å². The third-order valence-corrected chi connectivity index (χ3v) is 5.55. The molecule has 0 aliphatic heterocycles. The van der Waals surface area contributed by atoms with Gasteiger partial charge in [-0.05, 0) is 40.2 Å². The Kier molecular flexibility index (Phi) is 6.89. The van der Waals surface area contributed by atoms with Gasteiger partial charge in [0.1, 0.15) is 5.82 Å². The van der Waals surface area contributed by atoms with Gasteiger partial charge in [0, 0.05) is 29.0 Å². The highest BCUT2D eigenvalue weighted by atomic mass is 79.9. The summed E-state index contributed by atoms with van der Waals surface area (Å²) >= 11 is 9.38. The molecule has 4 rings (SSSR count). The Morgan fingerprint density at radius 3 is 2.74 bits per heavy atom. The Morgan fingerprint density at radius 1 is 1.18 bits per heavy atom. The molecule has 0 spiro atoms. The van der Waals surface area contributed by atoms with Gasteiger partial charge in [-0.25, -0.2) is 9.07 Å². The first-order valence-electron chi connectivity index (χ1n) is 9.68. The first kappa shape index (κ1) is 23.4. The molecule has 0 saturated carbocycles. The molecule has 0 saturated heterocycles. The van der Waals surface area contributed by atoms with Crippen molar-refractivity contribution in [1.82, 2.24) is 19.6 Å². The maximum atomic E-state index is 14.0. The van der Waals surface area contributed by atoms with Crippen LogP contribution in [0.25, 0.3) is 0 Å². The van der Waals surface area contributed by atoms with Gasteiger partial charge in [-0.2, -0.15) is 10.2 Å². The molecule has 34 heavy (non-hydrogen) atoms. The Bertz CT molecular complexity index is 1350. The van der Waals surface area contributed by atoms with Crippen LogP contribution in [-0.2, 0) is 13.3 Å². The van der Waals surface area contributed by atoms with Gasteiger partial charge in [-0.3, -0.25) is 19.6 Å². The van der Waals surface area contributed by atoms with E-state index in [1.165, 1.54) is 52.0 Å². The molecule has 10 nitrogen and oxygen atoms in total. The Morgan fingerprint density at radius 2 is 1.97 bits per heavy atom. The molecule has 1 N–H and O–H groups in total. The van der Waals surface area contributed by atoms with Crippen LogP contribution in [0.2, 0.25) is 5.02 Å². The van der Waals surface area contributed by atoms with E-state index in [9.17, 15) is 19.3 Å². The summed E-state index contributed by atoms with van der Waals surface area (Å²) < 4.78 is 22.7. The van der Waals surface area contributed by atoms with Crippen molar-refractivity contribution in [3.63, 3.8) is 0 Å². The summed E-state index contributed by atoms with van der Waals surface area (Å²) in [6.45, 7) is -0.0720. The fourth-order valence-corrected chi connectivity index (χ4v) is 3.64. The quantitative estimate of drug-likeness (QED) is 0.247. The number of benzene rings is 2. The van der Waals surface area contributed by atoms with Crippen molar-refractivity contribution in [2.75, 3.05) is 5.32 Å². The molecular weight excluding hydrogens is 535 g/mol. The van der Waals surface area contributed by atoms with Gasteiger partial charge < -0.3 is 10.1 Å². The summed E-state index contributed by atoms with van der Waals surface area (Å²) in [7, 11) is 0. The predicted octanol–water partition coefficient (Wildman–Crippen LogP) is 4.88. The first-order chi connectivity index (χ1) is 16.3. The van der Waals surface area contributed by atoms with Gasteiger partial charge in [0.2, 0.25) is 0 Å². The van der Waals surface area contributed by atoms with Crippen LogP contribution < -0.4 is 10.1 Å². The summed E-state index contributed by atoms with van der Waals surface area (Å²) in [5, 5.41) is 22.3. The largest absolute Gasteiger partial charge is 0.464 e. The number of rotatable bonds is 8. The fourth-order valence-electron chi connectivity index (χ4n) is 3.00. The van der Waals surface area contributed by atoms with Gasteiger partial charge in [-0.15, -0.1) is 0 Å². The number of hydrogen-bond donors (Lipinski definition) is 1. The van der Waals surface area contributed by atoms with Crippen molar-refractivity contribution in [1.29, 1.82) is 0 Å². The first-order valence-corrected chi connectivity index (χ1v) is 10.9. The number of nitro groups is 1. The number of para-hydroxylation sites is 2. The van der Waals surface area contributed by atoms with Gasteiger partial charge in [0.25, 0.3) is 5.91 Å².